The number of ether oxygens (including phenoxy) is 1. The van der Waals surface area contributed by atoms with Crippen LogP contribution >= 0.6 is 0 Å². The van der Waals surface area contributed by atoms with Gasteiger partial charge in [0.1, 0.15) is 5.75 Å². The molecule has 0 unspecified atom stereocenters. The van der Waals surface area contributed by atoms with Gasteiger partial charge in [0.15, 0.2) is 0 Å². The molecule has 0 amide bonds. The summed E-state index contributed by atoms with van der Waals surface area (Å²) in [6.07, 6.45) is 0. The molecule has 0 aliphatic rings. The molecule has 1 aromatic carbocycles. The Labute approximate surface area is 113 Å². The van der Waals surface area contributed by atoms with E-state index < -0.39 is 0 Å². The monoisotopic (exact) mass is 258 g/mol. The minimum absolute atomic E-state index is 0.330. The number of hydrogen-bond donors (Lipinski definition) is 1. The van der Waals surface area contributed by atoms with Crippen molar-refractivity contribution in [2.24, 2.45) is 5.73 Å². The fourth-order valence-corrected chi connectivity index (χ4v) is 1.69. The Balaban J connectivity index is 2.25. The van der Waals surface area contributed by atoms with Crippen LogP contribution in [0.3, 0.4) is 0 Å². The quantitative estimate of drug-likeness (QED) is 0.909. The van der Waals surface area contributed by atoms with Crippen molar-refractivity contribution in [1.82, 2.24) is 9.97 Å². The third-order valence-corrected chi connectivity index (χ3v) is 2.64. The molecule has 5 heteroatoms. The number of anilines is 1. The number of rotatable bonds is 4. The SMILES string of the molecule is Cc1cc(CN)nc(Oc2cccc(N(C)C)c2)n1. The van der Waals surface area contributed by atoms with E-state index in [1.807, 2.05) is 56.3 Å². The molecule has 0 aliphatic heterocycles. The highest BCUT2D eigenvalue weighted by molar-refractivity contribution is 5.49. The Morgan fingerprint density at radius 3 is 2.68 bits per heavy atom. The van der Waals surface area contributed by atoms with Crippen LogP contribution in [0.15, 0.2) is 30.3 Å². The molecule has 1 aromatic heterocycles. The predicted octanol–water partition coefficient (Wildman–Crippen LogP) is 2.10. The summed E-state index contributed by atoms with van der Waals surface area (Å²) >= 11 is 0. The van der Waals surface area contributed by atoms with Crippen LogP contribution in [0, 0.1) is 6.92 Å². The number of nitrogens with two attached hydrogens (primary N) is 1. The molecule has 1 heterocycles. The van der Waals surface area contributed by atoms with Gasteiger partial charge in [-0.3, -0.25) is 0 Å². The third-order valence-electron chi connectivity index (χ3n) is 2.64. The summed E-state index contributed by atoms with van der Waals surface area (Å²) in [6.45, 7) is 2.27. The van der Waals surface area contributed by atoms with Gasteiger partial charge in [0.05, 0.1) is 5.69 Å². The van der Waals surface area contributed by atoms with Crippen molar-refractivity contribution in [3.8, 4) is 11.8 Å². The second kappa shape index (κ2) is 5.67. The van der Waals surface area contributed by atoms with Crippen LogP contribution in [-0.4, -0.2) is 24.1 Å². The standard InChI is InChI=1S/C14H18N4O/c1-10-7-11(9-15)17-14(16-10)19-13-6-4-5-12(8-13)18(2)3/h4-8H,9,15H2,1-3H3. The van der Waals surface area contributed by atoms with E-state index in [9.17, 15) is 0 Å². The second-order valence-electron chi connectivity index (χ2n) is 4.48. The molecule has 0 atom stereocenters. The van der Waals surface area contributed by atoms with E-state index in [1.54, 1.807) is 0 Å². The molecule has 0 saturated heterocycles. The third kappa shape index (κ3) is 3.42. The van der Waals surface area contributed by atoms with Gasteiger partial charge < -0.3 is 15.4 Å². The first kappa shape index (κ1) is 13.3. The first-order valence-electron chi connectivity index (χ1n) is 6.08. The maximum absolute atomic E-state index is 5.69. The van der Waals surface area contributed by atoms with Gasteiger partial charge in [0, 0.05) is 38.1 Å². The lowest BCUT2D eigenvalue weighted by Crippen LogP contribution is -2.08. The molecule has 0 fully saturated rings. The molecule has 100 valence electrons. The number of hydrogen-bond acceptors (Lipinski definition) is 5. The van der Waals surface area contributed by atoms with Gasteiger partial charge in [0.25, 0.3) is 0 Å². The molecule has 0 radical (unpaired) electrons. The van der Waals surface area contributed by atoms with E-state index in [4.69, 9.17) is 10.5 Å². The maximum Gasteiger partial charge on any atom is 0.322 e. The van der Waals surface area contributed by atoms with Crippen molar-refractivity contribution in [2.75, 3.05) is 19.0 Å². The normalized spacial score (nSPS) is 10.3. The van der Waals surface area contributed by atoms with Gasteiger partial charge in [-0.25, -0.2) is 4.98 Å². The molecule has 5 nitrogen and oxygen atoms in total. The summed E-state index contributed by atoms with van der Waals surface area (Å²) in [6, 6.07) is 9.94. The molecule has 0 bridgehead atoms. The Hall–Kier alpha value is -2.14. The second-order valence-corrected chi connectivity index (χ2v) is 4.48. The van der Waals surface area contributed by atoms with Gasteiger partial charge >= 0.3 is 6.01 Å². The van der Waals surface area contributed by atoms with Crippen LogP contribution in [0.4, 0.5) is 5.69 Å². The first-order valence-corrected chi connectivity index (χ1v) is 6.08. The molecular weight excluding hydrogens is 240 g/mol. The number of aromatic nitrogens is 2. The molecule has 2 rings (SSSR count). The van der Waals surface area contributed by atoms with Gasteiger partial charge in [-0.2, -0.15) is 4.98 Å². The van der Waals surface area contributed by atoms with Crippen LogP contribution in [-0.2, 0) is 6.54 Å². The molecule has 2 N–H and O–H groups in total. The van der Waals surface area contributed by atoms with Gasteiger partial charge in [-0.1, -0.05) is 6.07 Å². The molecule has 0 aliphatic carbocycles. The summed E-state index contributed by atoms with van der Waals surface area (Å²) in [5.41, 5.74) is 8.26. The topological polar surface area (TPSA) is 64.3 Å². The number of aryl methyl sites for hydroxylation is 1. The average Bonchev–Trinajstić information content (AvgIpc) is 2.38. The van der Waals surface area contributed by atoms with Crippen LogP contribution in [0.1, 0.15) is 11.4 Å². The zero-order valence-electron chi connectivity index (χ0n) is 11.4. The van der Waals surface area contributed by atoms with Crippen LogP contribution < -0.4 is 15.4 Å². The summed E-state index contributed by atoms with van der Waals surface area (Å²) < 4.78 is 5.69. The first-order chi connectivity index (χ1) is 9.08. The van der Waals surface area contributed by atoms with E-state index in [-0.39, 0.29) is 0 Å². The fourth-order valence-electron chi connectivity index (χ4n) is 1.69. The van der Waals surface area contributed by atoms with E-state index in [2.05, 4.69) is 9.97 Å². The Morgan fingerprint density at radius 2 is 2.00 bits per heavy atom. The molecule has 0 spiro atoms. The van der Waals surface area contributed by atoms with Crippen molar-refractivity contribution in [2.45, 2.75) is 13.5 Å². The molecular formula is C14H18N4O. The number of nitrogens with zero attached hydrogens (tertiary/aromatic N) is 3. The molecule has 2 aromatic rings. The summed E-state index contributed by atoms with van der Waals surface area (Å²) in [4.78, 5) is 10.5. The highest BCUT2D eigenvalue weighted by atomic mass is 16.5. The summed E-state index contributed by atoms with van der Waals surface area (Å²) in [5.74, 6) is 0.708. The highest BCUT2D eigenvalue weighted by Gasteiger charge is 2.05. The maximum atomic E-state index is 5.69. The largest absolute Gasteiger partial charge is 0.424 e. The molecule has 19 heavy (non-hydrogen) atoms. The highest BCUT2D eigenvalue weighted by Crippen LogP contribution is 2.23. The average molecular weight is 258 g/mol. The Morgan fingerprint density at radius 1 is 1.21 bits per heavy atom. The minimum atomic E-state index is 0.330. The predicted molar refractivity (Wildman–Crippen MR) is 75.5 cm³/mol. The van der Waals surface area contributed by atoms with E-state index in [0.29, 0.717) is 18.3 Å². The van der Waals surface area contributed by atoms with Gasteiger partial charge in [-0.05, 0) is 25.1 Å². The van der Waals surface area contributed by atoms with E-state index in [0.717, 1.165) is 17.1 Å². The lowest BCUT2D eigenvalue weighted by molar-refractivity contribution is 0.438. The van der Waals surface area contributed by atoms with Gasteiger partial charge in [0.2, 0.25) is 0 Å². The van der Waals surface area contributed by atoms with Crippen molar-refractivity contribution < 1.29 is 4.74 Å². The van der Waals surface area contributed by atoms with Crippen LogP contribution in [0.5, 0.6) is 11.8 Å². The van der Waals surface area contributed by atoms with Crippen LogP contribution in [0.2, 0.25) is 0 Å². The lowest BCUT2D eigenvalue weighted by Gasteiger charge is -2.13. The smallest absolute Gasteiger partial charge is 0.322 e. The van der Waals surface area contributed by atoms with Crippen molar-refractivity contribution >= 4 is 5.69 Å². The number of benzene rings is 1. The summed E-state index contributed by atoms with van der Waals surface area (Å²) in [5, 5.41) is 0. The minimum Gasteiger partial charge on any atom is -0.424 e. The fraction of sp³-hybridized carbons (Fsp3) is 0.286. The van der Waals surface area contributed by atoms with Gasteiger partial charge in [-0.15, -0.1) is 0 Å². The lowest BCUT2D eigenvalue weighted by atomic mass is 10.3. The van der Waals surface area contributed by atoms with Crippen molar-refractivity contribution in [1.29, 1.82) is 0 Å². The summed E-state index contributed by atoms with van der Waals surface area (Å²) in [7, 11) is 3.96. The Kier molecular flexibility index (Phi) is 3.97. The van der Waals surface area contributed by atoms with E-state index >= 15 is 0 Å². The van der Waals surface area contributed by atoms with Crippen molar-refractivity contribution in [3.05, 3.63) is 41.7 Å². The molecule has 0 saturated carbocycles. The van der Waals surface area contributed by atoms with Crippen LogP contribution in [0.25, 0.3) is 0 Å². The van der Waals surface area contributed by atoms with Crippen molar-refractivity contribution in [3.63, 3.8) is 0 Å². The zero-order valence-corrected chi connectivity index (χ0v) is 11.4. The van der Waals surface area contributed by atoms with E-state index in [1.165, 1.54) is 0 Å². The Bertz CT molecular complexity index is 569. The zero-order chi connectivity index (χ0) is 13.8.